The summed E-state index contributed by atoms with van der Waals surface area (Å²) >= 11 is 0. The number of carbonyl (C=O) groups excluding carboxylic acids is 1. The zero-order valence-corrected chi connectivity index (χ0v) is 13.5. The molecule has 1 aliphatic carbocycles. The van der Waals surface area contributed by atoms with Gasteiger partial charge in [-0.3, -0.25) is 4.68 Å². The molecule has 7 heteroatoms. The fourth-order valence-corrected chi connectivity index (χ4v) is 3.60. The van der Waals surface area contributed by atoms with Crippen LogP contribution in [0.4, 0.5) is 4.79 Å². The average molecular weight is 320 g/mol. The number of amides is 2. The molecule has 1 aromatic heterocycles. The number of aromatic nitrogens is 2. The Kier molecular flexibility index (Phi) is 4.28. The van der Waals surface area contributed by atoms with Gasteiger partial charge in [-0.05, 0) is 25.3 Å². The molecule has 1 aromatic rings. The van der Waals surface area contributed by atoms with E-state index in [2.05, 4.69) is 10.4 Å². The molecule has 0 atom stereocenters. The number of hydrogen-bond donors (Lipinski definition) is 2. The minimum Gasteiger partial charge on any atom is -0.479 e. The molecule has 7 nitrogen and oxygen atoms in total. The van der Waals surface area contributed by atoms with Crippen molar-refractivity contribution in [1.29, 1.82) is 0 Å². The molecule has 0 aromatic carbocycles. The average Bonchev–Trinajstić information content (AvgIpc) is 3.19. The minimum absolute atomic E-state index is 0.0625. The maximum Gasteiger partial charge on any atom is 0.331 e. The molecule has 0 bridgehead atoms. The molecule has 2 aliphatic rings. The van der Waals surface area contributed by atoms with Crippen LogP contribution in [0, 0.1) is 6.92 Å². The summed E-state index contributed by atoms with van der Waals surface area (Å²) in [5.41, 5.74) is -0.106. The van der Waals surface area contributed by atoms with Gasteiger partial charge in [0.15, 0.2) is 5.54 Å². The van der Waals surface area contributed by atoms with Crippen LogP contribution in [0.3, 0.4) is 0 Å². The summed E-state index contributed by atoms with van der Waals surface area (Å²) < 4.78 is 1.55. The number of rotatable bonds is 3. The van der Waals surface area contributed by atoms with Crippen LogP contribution in [0.2, 0.25) is 0 Å². The number of nitrogens with zero attached hydrogens (tertiary/aromatic N) is 3. The molecule has 1 saturated carbocycles. The highest BCUT2D eigenvalue weighted by molar-refractivity contribution is 5.78. The van der Waals surface area contributed by atoms with Crippen LogP contribution in [-0.2, 0) is 10.3 Å². The summed E-state index contributed by atoms with van der Waals surface area (Å²) in [5.74, 6) is -0.878. The van der Waals surface area contributed by atoms with Gasteiger partial charge >= 0.3 is 12.0 Å². The van der Waals surface area contributed by atoms with E-state index in [1.54, 1.807) is 22.0 Å². The Labute approximate surface area is 135 Å². The largest absolute Gasteiger partial charge is 0.479 e. The van der Waals surface area contributed by atoms with E-state index in [1.807, 2.05) is 6.92 Å². The van der Waals surface area contributed by atoms with Crippen LogP contribution in [-0.4, -0.2) is 50.9 Å². The molecule has 2 heterocycles. The predicted molar refractivity (Wildman–Crippen MR) is 84.2 cm³/mol. The van der Waals surface area contributed by atoms with E-state index < -0.39 is 11.5 Å². The van der Waals surface area contributed by atoms with Crippen molar-refractivity contribution in [2.75, 3.05) is 13.1 Å². The Hall–Kier alpha value is -2.05. The van der Waals surface area contributed by atoms with Crippen molar-refractivity contribution in [3.8, 4) is 0 Å². The first kappa shape index (κ1) is 15.8. The third kappa shape index (κ3) is 3.04. The van der Waals surface area contributed by atoms with Crippen LogP contribution >= 0.6 is 0 Å². The van der Waals surface area contributed by atoms with E-state index in [-0.39, 0.29) is 12.1 Å². The molecule has 2 N–H and O–H groups in total. The van der Waals surface area contributed by atoms with Crippen LogP contribution in [0.15, 0.2) is 12.4 Å². The van der Waals surface area contributed by atoms with Crippen molar-refractivity contribution < 1.29 is 14.7 Å². The van der Waals surface area contributed by atoms with Crippen LogP contribution < -0.4 is 5.32 Å². The summed E-state index contributed by atoms with van der Waals surface area (Å²) in [5, 5.41) is 17.0. The second kappa shape index (κ2) is 6.22. The monoisotopic (exact) mass is 320 g/mol. The van der Waals surface area contributed by atoms with Gasteiger partial charge in [0.1, 0.15) is 0 Å². The van der Waals surface area contributed by atoms with Crippen molar-refractivity contribution in [1.82, 2.24) is 20.0 Å². The van der Waals surface area contributed by atoms with E-state index in [9.17, 15) is 14.7 Å². The third-order valence-electron chi connectivity index (χ3n) is 5.11. The minimum atomic E-state index is -1.04. The second-order valence-corrected chi connectivity index (χ2v) is 6.72. The molecule has 0 unspecified atom stereocenters. The standard InChI is InChI=1S/C16H24N4O3/c1-12-10-17-20(11-12)16(14(21)22)6-8-19(9-7-16)15(23)18-13-4-2-3-5-13/h10-11,13H,2-9H2,1H3,(H,18,23)(H,21,22). The summed E-state index contributed by atoms with van der Waals surface area (Å²) in [6, 6.07) is 0.218. The number of carboxylic acids is 1. The highest BCUT2D eigenvalue weighted by Gasteiger charge is 2.45. The summed E-state index contributed by atoms with van der Waals surface area (Å²) in [6.45, 7) is 2.76. The summed E-state index contributed by atoms with van der Waals surface area (Å²) in [7, 11) is 0. The first-order valence-corrected chi connectivity index (χ1v) is 8.32. The van der Waals surface area contributed by atoms with Crippen molar-refractivity contribution >= 4 is 12.0 Å². The van der Waals surface area contributed by atoms with Crippen molar-refractivity contribution in [3.63, 3.8) is 0 Å². The molecule has 126 valence electrons. The smallest absolute Gasteiger partial charge is 0.331 e. The molecule has 2 fully saturated rings. The SMILES string of the molecule is Cc1cnn(C2(C(=O)O)CCN(C(=O)NC3CCCC3)CC2)c1. The van der Waals surface area contributed by atoms with Crippen molar-refractivity contribution in [3.05, 3.63) is 18.0 Å². The van der Waals surface area contributed by atoms with E-state index in [0.29, 0.717) is 25.9 Å². The molecular weight excluding hydrogens is 296 g/mol. The Morgan fingerprint density at radius 1 is 1.30 bits per heavy atom. The van der Waals surface area contributed by atoms with E-state index >= 15 is 0 Å². The lowest BCUT2D eigenvalue weighted by Gasteiger charge is -2.39. The Morgan fingerprint density at radius 2 is 1.96 bits per heavy atom. The molecule has 2 amide bonds. The number of likely N-dealkylation sites (tertiary alicyclic amines) is 1. The number of hydrogen-bond acceptors (Lipinski definition) is 3. The summed E-state index contributed by atoms with van der Waals surface area (Å²) in [4.78, 5) is 25.9. The highest BCUT2D eigenvalue weighted by Crippen LogP contribution is 2.30. The summed E-state index contributed by atoms with van der Waals surface area (Å²) in [6.07, 6.45) is 8.63. The first-order chi connectivity index (χ1) is 11.0. The van der Waals surface area contributed by atoms with Gasteiger partial charge in [0.05, 0.1) is 6.20 Å². The highest BCUT2D eigenvalue weighted by atomic mass is 16.4. The number of urea groups is 1. The lowest BCUT2D eigenvalue weighted by atomic mass is 9.87. The topological polar surface area (TPSA) is 87.5 Å². The number of aryl methyl sites for hydroxylation is 1. The number of piperidine rings is 1. The fourth-order valence-electron chi connectivity index (χ4n) is 3.60. The normalized spacial score (nSPS) is 21.3. The molecule has 1 saturated heterocycles. The maximum absolute atomic E-state index is 12.3. The van der Waals surface area contributed by atoms with Gasteiger partial charge in [0.25, 0.3) is 0 Å². The van der Waals surface area contributed by atoms with Crippen LogP contribution in [0.5, 0.6) is 0 Å². The third-order valence-corrected chi connectivity index (χ3v) is 5.11. The van der Waals surface area contributed by atoms with E-state index in [1.165, 1.54) is 12.8 Å². The Bertz CT molecular complexity index is 584. The molecule has 23 heavy (non-hydrogen) atoms. The molecular formula is C16H24N4O3. The van der Waals surface area contributed by atoms with Gasteiger partial charge in [-0.1, -0.05) is 12.8 Å². The Balaban J connectivity index is 1.65. The van der Waals surface area contributed by atoms with Crippen molar-refractivity contribution in [2.24, 2.45) is 0 Å². The van der Waals surface area contributed by atoms with Crippen molar-refractivity contribution in [2.45, 2.75) is 57.0 Å². The van der Waals surface area contributed by atoms with Gasteiger partial charge < -0.3 is 15.3 Å². The van der Waals surface area contributed by atoms with Gasteiger partial charge in [0.2, 0.25) is 0 Å². The molecule has 0 radical (unpaired) electrons. The number of carbonyl (C=O) groups is 2. The van der Waals surface area contributed by atoms with Gasteiger partial charge in [-0.25, -0.2) is 9.59 Å². The van der Waals surface area contributed by atoms with Gasteiger partial charge in [-0.2, -0.15) is 5.10 Å². The molecule has 0 spiro atoms. The number of nitrogens with one attached hydrogen (secondary N) is 1. The van der Waals surface area contributed by atoms with Gasteiger partial charge in [-0.15, -0.1) is 0 Å². The van der Waals surface area contributed by atoms with E-state index in [4.69, 9.17) is 0 Å². The predicted octanol–water partition coefficient (Wildman–Crippen LogP) is 1.72. The van der Waals surface area contributed by atoms with Crippen LogP contribution in [0.25, 0.3) is 0 Å². The number of aliphatic carboxylic acids is 1. The molecule has 1 aliphatic heterocycles. The first-order valence-electron chi connectivity index (χ1n) is 8.32. The fraction of sp³-hybridized carbons (Fsp3) is 0.688. The maximum atomic E-state index is 12.3. The lowest BCUT2D eigenvalue weighted by molar-refractivity contribution is -0.150. The molecule has 3 rings (SSSR count). The Morgan fingerprint density at radius 3 is 2.48 bits per heavy atom. The zero-order chi connectivity index (χ0) is 16.4. The lowest BCUT2D eigenvalue weighted by Crippen LogP contribution is -2.55. The quantitative estimate of drug-likeness (QED) is 0.887. The van der Waals surface area contributed by atoms with E-state index in [0.717, 1.165) is 18.4 Å². The second-order valence-electron chi connectivity index (χ2n) is 6.72. The zero-order valence-electron chi connectivity index (χ0n) is 13.5. The van der Waals surface area contributed by atoms with Crippen LogP contribution in [0.1, 0.15) is 44.1 Å². The number of carboxylic acid groups (broad SMARTS) is 1. The van der Waals surface area contributed by atoms with Gasteiger partial charge in [0, 0.05) is 38.2 Å².